The lowest BCUT2D eigenvalue weighted by Gasteiger charge is -2.28. The van der Waals surface area contributed by atoms with Gasteiger partial charge in [0.2, 0.25) is 5.60 Å². The molecule has 0 saturated heterocycles. The predicted octanol–water partition coefficient (Wildman–Crippen LogP) is 22.0. The van der Waals surface area contributed by atoms with E-state index in [-0.39, 0.29) is 30.1 Å². The number of fused-ring (bicyclic) bond motifs is 18. The average molecular weight is 1420 g/mol. The molecule has 0 aliphatic heterocycles. The number of esters is 5. The van der Waals surface area contributed by atoms with E-state index in [0.29, 0.717) is 27.9 Å². The molecule has 2 unspecified atom stereocenters. The first-order valence-electron chi connectivity index (χ1n) is 35.4. The van der Waals surface area contributed by atoms with Crippen LogP contribution in [0.2, 0.25) is 0 Å². The molecule has 17 rings (SSSR count). The Morgan fingerprint density at radius 3 is 1.15 bits per heavy atom. The van der Waals surface area contributed by atoms with Crippen molar-refractivity contribution in [3.63, 3.8) is 0 Å². The molecule has 0 radical (unpaired) electrons. The molecule has 530 valence electrons. The van der Waals surface area contributed by atoms with Gasteiger partial charge in [0.15, 0.2) is 23.4 Å². The summed E-state index contributed by atoms with van der Waals surface area (Å²) in [5.74, 6) is 0.716. The van der Waals surface area contributed by atoms with Gasteiger partial charge in [0.25, 0.3) is 0 Å². The zero-order valence-corrected chi connectivity index (χ0v) is 61.0. The van der Waals surface area contributed by atoms with Crippen LogP contribution in [0.1, 0.15) is 109 Å². The Morgan fingerprint density at radius 2 is 0.685 bits per heavy atom. The summed E-state index contributed by atoms with van der Waals surface area (Å²) in [6.07, 6.45) is 6.75. The normalized spacial score (nSPS) is 14.5. The van der Waals surface area contributed by atoms with Gasteiger partial charge < -0.3 is 23.7 Å². The second-order valence-electron chi connectivity index (χ2n) is 27.4. The van der Waals surface area contributed by atoms with Crippen LogP contribution in [0, 0.1) is 12.3 Å². The maximum absolute atomic E-state index is 12.1. The number of ether oxygens (including phenoxy) is 5. The highest BCUT2D eigenvalue weighted by atomic mass is 16.6. The molecular weight excluding hydrogens is 1340 g/mol. The van der Waals surface area contributed by atoms with Crippen LogP contribution in [0.5, 0.6) is 0 Å². The molecule has 108 heavy (non-hydrogen) atoms. The Balaban J connectivity index is 0.000000119. The van der Waals surface area contributed by atoms with Crippen LogP contribution in [-0.4, -0.2) is 29.8 Å². The molecule has 12 aromatic rings. The van der Waals surface area contributed by atoms with E-state index in [1.165, 1.54) is 21.7 Å². The Kier molecular flexibility index (Phi) is 20.2. The van der Waals surface area contributed by atoms with Crippen LogP contribution < -0.4 is 0 Å². The van der Waals surface area contributed by atoms with Gasteiger partial charge >= 0.3 is 29.8 Å². The number of hydrogen-bond acceptors (Lipinski definition) is 10. The average Bonchev–Trinajstić information content (AvgIpc) is 1.58. The summed E-state index contributed by atoms with van der Waals surface area (Å²) in [6.45, 7) is 32.5. The van der Waals surface area contributed by atoms with Gasteiger partial charge in [-0.15, -0.1) is 6.42 Å². The Labute approximate surface area is 629 Å². The van der Waals surface area contributed by atoms with Gasteiger partial charge in [-0.1, -0.05) is 294 Å². The SMILES string of the molecule is C#CC1(OC(=O)C(=C)C)c2ccccc2-c2ccccc21.C=C(C)C(=O)OC1(C)c2ccccc2-c2ccccc21.C=C(C)C(=O)OC1c2ccccc2-c2c1ccc1ccccc21.C=C(C)C(=O)OC1c2ccccc2-c2cc3ccccc3cc21.C=CC1(OC(=O)C(=C)C)c2ccccc2-c2ccccc21. The van der Waals surface area contributed by atoms with Gasteiger partial charge in [-0.3, -0.25) is 0 Å². The molecule has 5 aliphatic rings. The molecule has 0 saturated carbocycles. The minimum absolute atomic E-state index is 0.325. The molecule has 10 heteroatoms. The van der Waals surface area contributed by atoms with Crippen LogP contribution in [-0.2, 0) is 64.5 Å². The Morgan fingerprint density at radius 1 is 0.343 bits per heavy atom. The molecule has 0 spiro atoms. The van der Waals surface area contributed by atoms with Crippen molar-refractivity contribution < 1.29 is 47.7 Å². The molecule has 10 nitrogen and oxygen atoms in total. The van der Waals surface area contributed by atoms with E-state index in [0.717, 1.165) is 111 Å². The van der Waals surface area contributed by atoms with Gasteiger partial charge in [0.05, 0.1) is 0 Å². The fourth-order valence-electron chi connectivity index (χ4n) is 14.8. The van der Waals surface area contributed by atoms with E-state index in [4.69, 9.17) is 30.1 Å². The van der Waals surface area contributed by atoms with Crippen molar-refractivity contribution in [1.82, 2.24) is 0 Å². The van der Waals surface area contributed by atoms with Gasteiger partial charge in [0.1, 0.15) is 0 Å². The van der Waals surface area contributed by atoms with Crippen LogP contribution in [0.25, 0.3) is 77.2 Å². The number of rotatable bonds is 11. The summed E-state index contributed by atoms with van der Waals surface area (Å²) >= 11 is 0. The van der Waals surface area contributed by atoms with E-state index < -0.39 is 28.7 Å². The fourth-order valence-corrected chi connectivity index (χ4v) is 14.8. The predicted molar refractivity (Wildman–Crippen MR) is 430 cm³/mol. The first-order valence-corrected chi connectivity index (χ1v) is 35.4. The van der Waals surface area contributed by atoms with Crippen molar-refractivity contribution in [2.75, 3.05) is 0 Å². The van der Waals surface area contributed by atoms with Crippen molar-refractivity contribution in [1.29, 1.82) is 0 Å². The van der Waals surface area contributed by atoms with Crippen molar-refractivity contribution in [2.24, 2.45) is 0 Å². The van der Waals surface area contributed by atoms with E-state index in [1.807, 2.05) is 201 Å². The number of hydrogen-bond donors (Lipinski definition) is 0. The Hall–Kier alpha value is -13.5. The van der Waals surface area contributed by atoms with Crippen LogP contribution in [0.15, 0.2) is 340 Å². The first-order chi connectivity index (χ1) is 52.0. The first kappa shape index (κ1) is 72.8. The molecular formula is C98H78O10. The molecule has 0 heterocycles. The minimum atomic E-state index is -1.18. The second kappa shape index (κ2) is 29.9. The second-order valence-corrected chi connectivity index (χ2v) is 27.4. The largest absolute Gasteiger partial charge is 0.449 e. The van der Waals surface area contributed by atoms with E-state index >= 15 is 0 Å². The van der Waals surface area contributed by atoms with Crippen molar-refractivity contribution in [3.05, 3.63) is 396 Å². The highest BCUT2D eigenvalue weighted by Crippen LogP contribution is 2.54. The van der Waals surface area contributed by atoms with Crippen LogP contribution in [0.3, 0.4) is 0 Å². The monoisotopic (exact) mass is 1410 g/mol. The third-order valence-electron chi connectivity index (χ3n) is 20.0. The topological polar surface area (TPSA) is 132 Å². The molecule has 12 aromatic carbocycles. The van der Waals surface area contributed by atoms with E-state index in [9.17, 15) is 24.0 Å². The maximum Gasteiger partial charge on any atom is 0.335 e. The lowest BCUT2D eigenvalue weighted by molar-refractivity contribution is -0.150. The van der Waals surface area contributed by atoms with Crippen LogP contribution in [0.4, 0.5) is 0 Å². The summed E-state index contributed by atoms with van der Waals surface area (Å²) in [4.78, 5) is 60.3. The Bertz CT molecular complexity index is 5640. The maximum atomic E-state index is 12.1. The quantitative estimate of drug-likeness (QED) is 0.0405. The van der Waals surface area contributed by atoms with Crippen molar-refractivity contribution in [2.45, 2.75) is 70.6 Å². The summed E-state index contributed by atoms with van der Waals surface area (Å²) in [7, 11) is 0. The highest BCUT2D eigenvalue weighted by Gasteiger charge is 2.47. The van der Waals surface area contributed by atoms with Crippen molar-refractivity contribution in [3.8, 4) is 68.0 Å². The van der Waals surface area contributed by atoms with Crippen molar-refractivity contribution >= 4 is 51.4 Å². The van der Waals surface area contributed by atoms with E-state index in [1.54, 1.807) is 40.7 Å². The highest BCUT2D eigenvalue weighted by molar-refractivity contribution is 6.03. The molecule has 5 aliphatic carbocycles. The zero-order chi connectivity index (χ0) is 76.3. The molecule has 0 N–H and O–H groups in total. The summed E-state index contributed by atoms with van der Waals surface area (Å²) < 4.78 is 28.7. The lowest BCUT2D eigenvalue weighted by Crippen LogP contribution is -2.30. The smallest absolute Gasteiger partial charge is 0.335 e. The lowest BCUT2D eigenvalue weighted by atomic mass is 9.91. The van der Waals surface area contributed by atoms with E-state index in [2.05, 4.69) is 118 Å². The third-order valence-corrected chi connectivity index (χ3v) is 20.0. The zero-order valence-electron chi connectivity index (χ0n) is 61.0. The third kappa shape index (κ3) is 13.2. The van der Waals surface area contributed by atoms with Gasteiger partial charge in [-0.05, 0) is 143 Å². The standard InChI is InChI=1S/2C21H16O2.C19H16O2.C19H14O2.C18H16O2/c1-13(2)21(22)23-20-17-10-6-5-9-16(17)18-11-14-7-3-4-8-15(14)12-19(18)20;1-13(2)21(22)23-20-17-10-6-5-9-16(17)19-15-8-4-3-7-14(15)11-12-18(19)20;2*1-4-19(21-18(20)13(2)3)16-11-7-5-9-14(16)15-10-6-8-12-17(15)19;1-12(2)17(19)20-18(3)15-10-6-4-8-13(15)14-9-5-7-11-16(14)18/h2*3-12,20H,1H2,2H3;4-12H,1-2H2,3H3;1,5-12H,2H2,3H3;4-11H,1H2,2-3H3. The number of carbonyl (C=O) groups is 5. The number of benzene rings is 12. The molecule has 0 amide bonds. The molecule has 0 fully saturated rings. The summed E-state index contributed by atoms with van der Waals surface area (Å²) in [6, 6.07) is 88.6. The number of terminal acetylenes is 1. The summed E-state index contributed by atoms with van der Waals surface area (Å²) in [5, 5.41) is 4.71. The minimum Gasteiger partial charge on any atom is -0.449 e. The molecule has 0 aromatic heterocycles. The van der Waals surface area contributed by atoms with Gasteiger partial charge in [0, 0.05) is 83.5 Å². The molecule has 0 bridgehead atoms. The number of carbonyl (C=O) groups excluding carboxylic acids is 5. The summed E-state index contributed by atoms with van der Waals surface area (Å²) in [5.41, 5.74) is 19.8. The van der Waals surface area contributed by atoms with Gasteiger partial charge in [-0.2, -0.15) is 0 Å². The van der Waals surface area contributed by atoms with Crippen LogP contribution >= 0.6 is 0 Å². The molecule has 2 atom stereocenters. The van der Waals surface area contributed by atoms with Gasteiger partial charge in [-0.25, -0.2) is 24.0 Å². The fraction of sp³-hybridized carbons (Fsp3) is 0.112.